The Morgan fingerprint density at radius 3 is 2.42 bits per heavy atom. The predicted molar refractivity (Wildman–Crippen MR) is 85.9 cm³/mol. The van der Waals surface area contributed by atoms with Crippen molar-refractivity contribution in [3.63, 3.8) is 0 Å². The highest BCUT2D eigenvalue weighted by Crippen LogP contribution is 2.16. The molecular weight excluding hydrogens is 302 g/mol. The van der Waals surface area contributed by atoms with Gasteiger partial charge in [-0.1, -0.05) is 36.2 Å². The maximum Gasteiger partial charge on any atom is 0.119 e. The lowest BCUT2D eigenvalue weighted by Gasteiger charge is -2.28. The van der Waals surface area contributed by atoms with Gasteiger partial charge in [-0.05, 0) is 50.6 Å². The van der Waals surface area contributed by atoms with Gasteiger partial charge < -0.3 is 4.74 Å². The van der Waals surface area contributed by atoms with Gasteiger partial charge in [-0.15, -0.1) is 0 Å². The molecule has 0 saturated carbocycles. The van der Waals surface area contributed by atoms with Crippen LogP contribution in [-0.4, -0.2) is 30.6 Å². The van der Waals surface area contributed by atoms with Crippen LogP contribution in [0.25, 0.3) is 0 Å². The van der Waals surface area contributed by atoms with Gasteiger partial charge in [0.2, 0.25) is 0 Å². The molecule has 0 bridgehead atoms. The summed E-state index contributed by atoms with van der Waals surface area (Å²) in [6.07, 6.45) is 3.71. The smallest absolute Gasteiger partial charge is 0.119 e. The van der Waals surface area contributed by atoms with Gasteiger partial charge in [0, 0.05) is 17.1 Å². The fourth-order valence-corrected chi connectivity index (χ4v) is 2.25. The Labute approximate surface area is 126 Å². The zero-order valence-corrected chi connectivity index (χ0v) is 13.9. The molecule has 2 nitrogen and oxygen atoms in total. The maximum atomic E-state index is 5.80. The molecule has 0 fully saturated rings. The van der Waals surface area contributed by atoms with Gasteiger partial charge in [-0.3, -0.25) is 4.90 Å². The van der Waals surface area contributed by atoms with E-state index >= 15 is 0 Å². The Kier molecular flexibility index (Phi) is 8.15. The lowest BCUT2D eigenvalue weighted by atomic mass is 10.2. The average Bonchev–Trinajstić information content (AvgIpc) is 2.43. The van der Waals surface area contributed by atoms with Gasteiger partial charge in [0.15, 0.2) is 0 Å². The molecule has 3 heteroatoms. The van der Waals surface area contributed by atoms with E-state index < -0.39 is 0 Å². The molecule has 1 unspecified atom stereocenters. The summed E-state index contributed by atoms with van der Waals surface area (Å²) in [5.74, 6) is 0.947. The zero-order chi connectivity index (χ0) is 14.1. The first kappa shape index (κ1) is 16.5. The van der Waals surface area contributed by atoms with Crippen molar-refractivity contribution in [1.82, 2.24) is 4.90 Å². The van der Waals surface area contributed by atoms with E-state index in [9.17, 15) is 0 Å². The van der Waals surface area contributed by atoms with Crippen LogP contribution in [0.15, 0.2) is 28.7 Å². The molecule has 0 aromatic heterocycles. The molecule has 1 aromatic rings. The van der Waals surface area contributed by atoms with Gasteiger partial charge >= 0.3 is 0 Å². The van der Waals surface area contributed by atoms with E-state index in [1.54, 1.807) is 0 Å². The molecule has 19 heavy (non-hydrogen) atoms. The Morgan fingerprint density at radius 2 is 1.84 bits per heavy atom. The number of halogens is 1. The van der Waals surface area contributed by atoms with Gasteiger partial charge in [-0.2, -0.15) is 0 Å². The van der Waals surface area contributed by atoms with Crippen molar-refractivity contribution < 1.29 is 4.74 Å². The zero-order valence-electron chi connectivity index (χ0n) is 12.4. The Hall–Kier alpha value is -0.540. The quantitative estimate of drug-likeness (QED) is 0.650. The monoisotopic (exact) mass is 327 g/mol. The molecule has 0 spiro atoms. The van der Waals surface area contributed by atoms with Crippen molar-refractivity contribution in [2.75, 3.05) is 19.7 Å². The molecule has 0 heterocycles. The Balaban J connectivity index is 2.36. The minimum Gasteiger partial charge on any atom is -0.492 e. The SMILES string of the molecule is CCCCN(CCOc1ccc(Br)cc1)C(C)CC. The third kappa shape index (κ3) is 6.44. The van der Waals surface area contributed by atoms with Crippen molar-refractivity contribution in [2.24, 2.45) is 0 Å². The summed E-state index contributed by atoms with van der Waals surface area (Å²) in [5.41, 5.74) is 0. The highest BCUT2D eigenvalue weighted by molar-refractivity contribution is 9.10. The highest BCUT2D eigenvalue weighted by atomic mass is 79.9. The van der Waals surface area contributed by atoms with Crippen LogP contribution >= 0.6 is 15.9 Å². The van der Waals surface area contributed by atoms with Crippen molar-refractivity contribution in [3.05, 3.63) is 28.7 Å². The Bertz CT molecular complexity index is 339. The third-order valence-electron chi connectivity index (χ3n) is 3.47. The summed E-state index contributed by atoms with van der Waals surface area (Å²) < 4.78 is 6.89. The lowest BCUT2D eigenvalue weighted by Crippen LogP contribution is -2.36. The minimum atomic E-state index is 0.639. The average molecular weight is 328 g/mol. The van der Waals surface area contributed by atoms with Crippen LogP contribution in [0.2, 0.25) is 0 Å². The number of hydrogen-bond acceptors (Lipinski definition) is 2. The first-order valence-corrected chi connectivity index (χ1v) is 8.09. The van der Waals surface area contributed by atoms with Crippen LogP contribution in [0.3, 0.4) is 0 Å². The molecule has 0 amide bonds. The molecule has 108 valence electrons. The standard InChI is InChI=1S/C16H26BrNO/c1-4-6-11-18(14(3)5-2)12-13-19-16-9-7-15(17)8-10-16/h7-10,14H,4-6,11-13H2,1-3H3. The first-order valence-electron chi connectivity index (χ1n) is 7.29. The number of nitrogens with zero attached hydrogens (tertiary/aromatic N) is 1. The van der Waals surface area contributed by atoms with E-state index in [0.717, 1.165) is 23.4 Å². The molecular formula is C16H26BrNO. The highest BCUT2D eigenvalue weighted by Gasteiger charge is 2.11. The van der Waals surface area contributed by atoms with Gasteiger partial charge in [0.05, 0.1) is 0 Å². The summed E-state index contributed by atoms with van der Waals surface area (Å²) in [7, 11) is 0. The minimum absolute atomic E-state index is 0.639. The van der Waals surface area contributed by atoms with Gasteiger partial charge in [-0.25, -0.2) is 0 Å². The van der Waals surface area contributed by atoms with Gasteiger partial charge in [0.25, 0.3) is 0 Å². The van der Waals surface area contributed by atoms with Crippen LogP contribution in [0, 0.1) is 0 Å². The molecule has 0 N–H and O–H groups in total. The first-order chi connectivity index (χ1) is 9.17. The van der Waals surface area contributed by atoms with Crippen LogP contribution in [0.1, 0.15) is 40.0 Å². The maximum absolute atomic E-state index is 5.80. The number of benzene rings is 1. The van der Waals surface area contributed by atoms with E-state index in [1.807, 2.05) is 24.3 Å². The molecule has 0 radical (unpaired) electrons. The number of ether oxygens (including phenoxy) is 1. The van der Waals surface area contributed by atoms with Crippen molar-refractivity contribution >= 4 is 15.9 Å². The summed E-state index contributed by atoms with van der Waals surface area (Å²) in [6.45, 7) is 9.73. The second kappa shape index (κ2) is 9.38. The molecule has 0 aliphatic heterocycles. The van der Waals surface area contributed by atoms with E-state index in [4.69, 9.17) is 4.74 Å². The molecule has 0 aliphatic carbocycles. The van der Waals surface area contributed by atoms with Gasteiger partial charge in [0.1, 0.15) is 12.4 Å². The molecule has 1 rings (SSSR count). The summed E-state index contributed by atoms with van der Waals surface area (Å²) in [5, 5.41) is 0. The molecule has 0 aliphatic rings. The fourth-order valence-electron chi connectivity index (χ4n) is 1.98. The second-order valence-corrected chi connectivity index (χ2v) is 5.86. The van der Waals surface area contributed by atoms with Crippen molar-refractivity contribution in [1.29, 1.82) is 0 Å². The fraction of sp³-hybridized carbons (Fsp3) is 0.625. The molecule has 1 aromatic carbocycles. The van der Waals surface area contributed by atoms with E-state index in [-0.39, 0.29) is 0 Å². The summed E-state index contributed by atoms with van der Waals surface area (Å²) in [4.78, 5) is 2.53. The van der Waals surface area contributed by atoms with E-state index in [1.165, 1.54) is 25.8 Å². The topological polar surface area (TPSA) is 12.5 Å². The molecule has 0 saturated heterocycles. The van der Waals surface area contributed by atoms with E-state index in [2.05, 4.69) is 41.6 Å². The van der Waals surface area contributed by atoms with Crippen LogP contribution in [0.4, 0.5) is 0 Å². The van der Waals surface area contributed by atoms with Crippen molar-refractivity contribution in [2.45, 2.75) is 46.1 Å². The third-order valence-corrected chi connectivity index (χ3v) is 4.00. The van der Waals surface area contributed by atoms with Crippen LogP contribution in [0.5, 0.6) is 5.75 Å². The normalized spacial score (nSPS) is 12.7. The number of unbranched alkanes of at least 4 members (excludes halogenated alkanes) is 1. The summed E-state index contributed by atoms with van der Waals surface area (Å²) >= 11 is 3.43. The molecule has 1 atom stereocenters. The second-order valence-electron chi connectivity index (χ2n) is 4.95. The van der Waals surface area contributed by atoms with Crippen molar-refractivity contribution in [3.8, 4) is 5.75 Å². The Morgan fingerprint density at radius 1 is 1.16 bits per heavy atom. The lowest BCUT2D eigenvalue weighted by molar-refractivity contribution is 0.162. The van der Waals surface area contributed by atoms with Crippen LogP contribution in [-0.2, 0) is 0 Å². The summed E-state index contributed by atoms with van der Waals surface area (Å²) in [6, 6.07) is 8.67. The predicted octanol–water partition coefficient (Wildman–Crippen LogP) is 4.73. The van der Waals surface area contributed by atoms with E-state index in [0.29, 0.717) is 6.04 Å². The van der Waals surface area contributed by atoms with Crippen LogP contribution < -0.4 is 4.74 Å². The largest absolute Gasteiger partial charge is 0.492 e. The number of hydrogen-bond donors (Lipinski definition) is 0. The number of rotatable bonds is 9.